The highest BCUT2D eigenvalue weighted by Gasteiger charge is 2.39. The van der Waals surface area contributed by atoms with Gasteiger partial charge in [0.1, 0.15) is 6.04 Å². The molecule has 2 heterocycles. The van der Waals surface area contributed by atoms with Crippen molar-refractivity contribution in [2.24, 2.45) is 5.92 Å². The van der Waals surface area contributed by atoms with Crippen LogP contribution in [0, 0.1) is 5.92 Å². The van der Waals surface area contributed by atoms with Gasteiger partial charge in [-0.05, 0) is 42.4 Å². The minimum atomic E-state index is -0.626. The quantitative estimate of drug-likeness (QED) is 0.721. The predicted octanol–water partition coefficient (Wildman–Crippen LogP) is 2.25. The first-order chi connectivity index (χ1) is 14.5. The lowest BCUT2D eigenvalue weighted by molar-refractivity contribution is -0.136. The van der Waals surface area contributed by atoms with Gasteiger partial charge in [-0.1, -0.05) is 31.4 Å². The lowest BCUT2D eigenvalue weighted by Gasteiger charge is -2.29. The number of benzene rings is 1. The minimum absolute atomic E-state index is 0.221. The van der Waals surface area contributed by atoms with Gasteiger partial charge in [0.05, 0.1) is 6.61 Å². The molecule has 4 amide bonds. The van der Waals surface area contributed by atoms with Crippen LogP contribution < -0.4 is 10.6 Å². The molecular weight excluding hydrogens is 386 g/mol. The van der Waals surface area contributed by atoms with Crippen LogP contribution >= 0.6 is 0 Å². The molecule has 1 atom stereocenters. The fraction of sp³-hybridized carbons (Fsp3) is 0.545. The highest BCUT2D eigenvalue weighted by atomic mass is 16.5. The molecule has 2 N–H and O–H groups in total. The highest BCUT2D eigenvalue weighted by molar-refractivity contribution is 6.05. The summed E-state index contributed by atoms with van der Waals surface area (Å²) in [5.41, 5.74) is 2.17. The maximum atomic E-state index is 12.8. The molecule has 1 aliphatic carbocycles. The summed E-state index contributed by atoms with van der Waals surface area (Å²) in [6.07, 6.45) is 6.02. The van der Waals surface area contributed by atoms with Crippen molar-refractivity contribution in [3.8, 4) is 0 Å². The molecule has 1 saturated heterocycles. The van der Waals surface area contributed by atoms with Gasteiger partial charge in [0.15, 0.2) is 0 Å². The molecule has 1 saturated carbocycles. The fourth-order valence-electron chi connectivity index (χ4n) is 4.48. The Morgan fingerprint density at radius 3 is 2.70 bits per heavy atom. The summed E-state index contributed by atoms with van der Waals surface area (Å²) in [5, 5.41) is 5.04. The summed E-state index contributed by atoms with van der Waals surface area (Å²) < 4.78 is 5.34. The van der Waals surface area contributed by atoms with Crippen molar-refractivity contribution >= 4 is 23.8 Å². The number of nitrogens with one attached hydrogen (secondary N) is 2. The third-order valence-electron chi connectivity index (χ3n) is 6.20. The Kier molecular flexibility index (Phi) is 6.01. The molecule has 1 aromatic carbocycles. The van der Waals surface area contributed by atoms with Crippen molar-refractivity contribution in [3.63, 3.8) is 0 Å². The Bertz CT molecular complexity index is 862. The molecule has 1 aromatic rings. The van der Waals surface area contributed by atoms with Crippen LogP contribution in [0.25, 0.3) is 0 Å². The Labute approximate surface area is 175 Å². The molecule has 8 heteroatoms. The second kappa shape index (κ2) is 8.85. The topological polar surface area (TPSA) is 105 Å². The van der Waals surface area contributed by atoms with Gasteiger partial charge < -0.3 is 15.0 Å². The third kappa shape index (κ3) is 4.47. The molecule has 0 radical (unpaired) electrons. The van der Waals surface area contributed by atoms with Crippen LogP contribution in [0.5, 0.6) is 0 Å². The van der Waals surface area contributed by atoms with Crippen LogP contribution in [0.3, 0.4) is 0 Å². The number of piperidine rings is 1. The standard InChI is InChI=1S/C22H27N3O5/c26-19-9-8-18(20(27)24-19)25-12-16-7-6-15(10-17(16)21(25)28)11-23-22(29)30-13-14-4-2-1-3-5-14/h6-7,10,14,18H,1-5,8-9,11-13H2,(H,23,29)(H,24,26,27). The molecule has 2 aliphatic heterocycles. The zero-order valence-electron chi connectivity index (χ0n) is 16.9. The largest absolute Gasteiger partial charge is 0.449 e. The molecular formula is C22H27N3O5. The number of alkyl carbamates (subject to hydrolysis) is 1. The van der Waals surface area contributed by atoms with Crippen LogP contribution in [0.2, 0.25) is 0 Å². The maximum absolute atomic E-state index is 12.8. The lowest BCUT2D eigenvalue weighted by atomic mass is 9.90. The van der Waals surface area contributed by atoms with Crippen molar-refractivity contribution in [2.75, 3.05) is 6.61 Å². The fourth-order valence-corrected chi connectivity index (χ4v) is 4.48. The van der Waals surface area contributed by atoms with Crippen LogP contribution in [0.15, 0.2) is 18.2 Å². The van der Waals surface area contributed by atoms with E-state index < -0.39 is 18.0 Å². The number of carbonyl (C=O) groups excluding carboxylic acids is 4. The van der Waals surface area contributed by atoms with Crippen LogP contribution in [-0.2, 0) is 27.4 Å². The van der Waals surface area contributed by atoms with E-state index in [4.69, 9.17) is 4.74 Å². The van der Waals surface area contributed by atoms with E-state index in [0.717, 1.165) is 24.0 Å². The first-order valence-electron chi connectivity index (χ1n) is 10.7. The number of ether oxygens (including phenoxy) is 1. The molecule has 2 fully saturated rings. The summed E-state index contributed by atoms with van der Waals surface area (Å²) in [7, 11) is 0. The Morgan fingerprint density at radius 1 is 1.13 bits per heavy atom. The number of hydrogen-bond donors (Lipinski definition) is 2. The van der Waals surface area contributed by atoms with Crippen molar-refractivity contribution in [1.82, 2.24) is 15.5 Å². The third-order valence-corrected chi connectivity index (χ3v) is 6.20. The van der Waals surface area contributed by atoms with Gasteiger partial charge in [0.25, 0.3) is 5.91 Å². The second-order valence-corrected chi connectivity index (χ2v) is 8.35. The van der Waals surface area contributed by atoms with Crippen molar-refractivity contribution < 1.29 is 23.9 Å². The molecule has 3 aliphatic rings. The summed E-state index contributed by atoms with van der Waals surface area (Å²) >= 11 is 0. The van der Waals surface area contributed by atoms with E-state index in [1.807, 2.05) is 12.1 Å². The molecule has 0 aromatic heterocycles. The Morgan fingerprint density at radius 2 is 1.93 bits per heavy atom. The monoisotopic (exact) mass is 413 g/mol. The van der Waals surface area contributed by atoms with Gasteiger partial charge in [-0.15, -0.1) is 0 Å². The van der Waals surface area contributed by atoms with Crippen molar-refractivity contribution in [2.45, 2.75) is 64.1 Å². The van der Waals surface area contributed by atoms with Crippen LogP contribution in [0.1, 0.15) is 66.4 Å². The van der Waals surface area contributed by atoms with E-state index in [2.05, 4.69) is 10.6 Å². The van der Waals surface area contributed by atoms with Crippen LogP contribution in [-0.4, -0.2) is 41.4 Å². The number of amides is 4. The Hall–Kier alpha value is -2.90. The number of rotatable bonds is 5. The van der Waals surface area contributed by atoms with E-state index in [-0.39, 0.29) is 24.8 Å². The van der Waals surface area contributed by atoms with E-state index in [1.54, 1.807) is 6.07 Å². The average molecular weight is 413 g/mol. The van der Waals surface area contributed by atoms with Gasteiger partial charge >= 0.3 is 6.09 Å². The smallest absolute Gasteiger partial charge is 0.407 e. The molecule has 30 heavy (non-hydrogen) atoms. The minimum Gasteiger partial charge on any atom is -0.449 e. The average Bonchev–Trinajstić information content (AvgIpc) is 3.07. The number of nitrogens with zero attached hydrogens (tertiary/aromatic N) is 1. The van der Waals surface area contributed by atoms with E-state index in [0.29, 0.717) is 31.1 Å². The van der Waals surface area contributed by atoms with E-state index >= 15 is 0 Å². The van der Waals surface area contributed by atoms with Gasteiger partial charge in [0, 0.05) is 25.1 Å². The van der Waals surface area contributed by atoms with Gasteiger partial charge in [0.2, 0.25) is 11.8 Å². The van der Waals surface area contributed by atoms with E-state index in [9.17, 15) is 19.2 Å². The second-order valence-electron chi connectivity index (χ2n) is 8.35. The summed E-state index contributed by atoms with van der Waals surface area (Å²) in [6.45, 7) is 1.06. The highest BCUT2D eigenvalue weighted by Crippen LogP contribution is 2.28. The van der Waals surface area contributed by atoms with Crippen LogP contribution in [0.4, 0.5) is 4.79 Å². The predicted molar refractivity (Wildman–Crippen MR) is 107 cm³/mol. The summed E-state index contributed by atoms with van der Waals surface area (Å²) in [6, 6.07) is 4.84. The first kappa shape index (κ1) is 20.4. The zero-order valence-corrected chi connectivity index (χ0v) is 16.9. The van der Waals surface area contributed by atoms with Crippen molar-refractivity contribution in [1.29, 1.82) is 0 Å². The molecule has 4 rings (SSSR count). The molecule has 8 nitrogen and oxygen atoms in total. The summed E-state index contributed by atoms with van der Waals surface area (Å²) in [5.74, 6) is -0.485. The Balaban J connectivity index is 1.31. The normalized spacial score (nSPS) is 21.9. The van der Waals surface area contributed by atoms with E-state index in [1.165, 1.54) is 24.2 Å². The maximum Gasteiger partial charge on any atom is 0.407 e. The van der Waals surface area contributed by atoms with Crippen molar-refractivity contribution in [3.05, 3.63) is 34.9 Å². The number of hydrogen-bond acceptors (Lipinski definition) is 5. The van der Waals surface area contributed by atoms with Gasteiger partial charge in [-0.3, -0.25) is 19.7 Å². The summed E-state index contributed by atoms with van der Waals surface area (Å²) in [4.78, 5) is 49.8. The molecule has 1 unspecified atom stereocenters. The van der Waals surface area contributed by atoms with Gasteiger partial charge in [-0.25, -0.2) is 4.79 Å². The number of imide groups is 1. The number of fused-ring (bicyclic) bond motifs is 1. The molecule has 0 spiro atoms. The van der Waals surface area contributed by atoms with Gasteiger partial charge in [-0.2, -0.15) is 0 Å². The first-order valence-corrected chi connectivity index (χ1v) is 10.7. The lowest BCUT2D eigenvalue weighted by Crippen LogP contribution is -2.52. The SMILES string of the molecule is O=C1CCC(N2Cc3ccc(CNC(=O)OCC4CCCCC4)cc3C2=O)C(=O)N1. The molecule has 0 bridgehead atoms. The molecule has 160 valence electrons. The zero-order chi connectivity index (χ0) is 21.1. The number of carbonyl (C=O) groups is 4.